The van der Waals surface area contributed by atoms with Gasteiger partial charge in [0.05, 0.1) is 22.1 Å². The molecule has 226 valence electrons. The van der Waals surface area contributed by atoms with E-state index in [-0.39, 0.29) is 11.1 Å². The molecule has 0 saturated heterocycles. The van der Waals surface area contributed by atoms with Crippen LogP contribution in [0.3, 0.4) is 0 Å². The number of imidazole rings is 2. The number of hydrogen-bond donors (Lipinski definition) is 0. The van der Waals surface area contributed by atoms with E-state index >= 15 is 0 Å². The lowest BCUT2D eigenvalue weighted by atomic mass is 9.86. The molecule has 4 aromatic heterocycles. The van der Waals surface area contributed by atoms with Crippen molar-refractivity contribution in [3.63, 3.8) is 0 Å². The van der Waals surface area contributed by atoms with Gasteiger partial charge in [0, 0.05) is 49.9 Å². The molecule has 0 atom stereocenters. The van der Waals surface area contributed by atoms with Gasteiger partial charge in [-0.05, 0) is 99.9 Å². The van der Waals surface area contributed by atoms with E-state index in [0.717, 1.165) is 93.5 Å². The number of fused-ring (bicyclic) bond motifs is 10. The van der Waals surface area contributed by atoms with E-state index in [1.54, 1.807) is 15.7 Å². The van der Waals surface area contributed by atoms with Crippen molar-refractivity contribution >= 4 is 98.0 Å². The summed E-state index contributed by atoms with van der Waals surface area (Å²) in [6.45, 7) is 3.82. The smallest absolute Gasteiger partial charge is 0.264 e. The first-order valence-corrected chi connectivity index (χ1v) is 16.3. The molecule has 0 aliphatic carbocycles. The summed E-state index contributed by atoms with van der Waals surface area (Å²) >= 11 is 0. The quantitative estimate of drug-likeness (QED) is 0.0964. The summed E-state index contributed by atoms with van der Waals surface area (Å²) in [7, 11) is 0. The van der Waals surface area contributed by atoms with Gasteiger partial charge in [-0.15, -0.1) is 5.92 Å². The Kier molecular flexibility index (Phi) is 4.82. The van der Waals surface area contributed by atoms with Crippen molar-refractivity contribution in [3.8, 4) is 23.7 Å². The predicted octanol–water partition coefficient (Wildman–Crippen LogP) is 8.37. The molecule has 49 heavy (non-hydrogen) atoms. The number of pyridine rings is 2. The molecule has 6 heteroatoms. The van der Waals surface area contributed by atoms with Crippen LogP contribution in [0.15, 0.2) is 94.5 Å². The number of aromatic nitrogens is 4. The molecule has 0 bridgehead atoms. The SMILES string of the molecule is CC#Cc1ccc2nc3c4ccc5c6ccc7c(=O)n8c9cc(C#CCC)ccc9nc8c8ccc(c9ccc(c(=O)n3c2c1)c4c95)c6c78. The molecule has 7 aromatic carbocycles. The third-order valence-electron chi connectivity index (χ3n) is 10.2. The first-order valence-electron chi connectivity index (χ1n) is 16.3. The second kappa shape index (κ2) is 8.98. The minimum atomic E-state index is -0.0975. The van der Waals surface area contributed by atoms with E-state index in [1.165, 1.54) is 0 Å². The van der Waals surface area contributed by atoms with Gasteiger partial charge in [0.2, 0.25) is 0 Å². The molecule has 0 spiro atoms. The van der Waals surface area contributed by atoms with E-state index in [1.807, 2.05) is 55.5 Å². The molecule has 0 aliphatic rings. The van der Waals surface area contributed by atoms with Crippen LogP contribution in [0.2, 0.25) is 0 Å². The first-order chi connectivity index (χ1) is 24.1. The zero-order valence-electron chi connectivity index (χ0n) is 26.4. The summed E-state index contributed by atoms with van der Waals surface area (Å²) in [6, 6.07) is 28.2. The van der Waals surface area contributed by atoms with E-state index in [0.29, 0.717) is 22.1 Å². The van der Waals surface area contributed by atoms with Crippen LogP contribution >= 0.6 is 0 Å². The molecule has 11 aromatic rings. The molecule has 0 amide bonds. The molecule has 11 rings (SSSR count). The normalized spacial score (nSPS) is 12.2. The minimum absolute atomic E-state index is 0.0945. The van der Waals surface area contributed by atoms with Gasteiger partial charge >= 0.3 is 0 Å². The lowest BCUT2D eigenvalue weighted by Gasteiger charge is -2.18. The largest absolute Gasteiger partial charge is 0.268 e. The summed E-state index contributed by atoms with van der Waals surface area (Å²) < 4.78 is 3.47. The second-order valence-electron chi connectivity index (χ2n) is 12.7. The lowest BCUT2D eigenvalue weighted by Crippen LogP contribution is -2.14. The summed E-state index contributed by atoms with van der Waals surface area (Å²) in [5.41, 5.74) is 5.84. The topological polar surface area (TPSA) is 68.7 Å². The summed E-state index contributed by atoms with van der Waals surface area (Å²) in [6.07, 6.45) is 0.759. The van der Waals surface area contributed by atoms with Crippen LogP contribution < -0.4 is 11.1 Å². The van der Waals surface area contributed by atoms with Crippen molar-refractivity contribution in [1.82, 2.24) is 18.8 Å². The number of nitrogens with zero attached hydrogens (tertiary/aromatic N) is 4. The second-order valence-corrected chi connectivity index (χ2v) is 12.7. The third-order valence-corrected chi connectivity index (χ3v) is 10.2. The fraction of sp³-hybridized carbons (Fsp3) is 0.0698. The fourth-order valence-corrected chi connectivity index (χ4v) is 8.27. The van der Waals surface area contributed by atoms with Crippen molar-refractivity contribution in [2.45, 2.75) is 20.3 Å². The fourth-order valence-electron chi connectivity index (χ4n) is 8.27. The van der Waals surface area contributed by atoms with Gasteiger partial charge in [-0.2, -0.15) is 0 Å². The molecule has 0 aliphatic heterocycles. The van der Waals surface area contributed by atoms with Gasteiger partial charge in [0.15, 0.2) is 0 Å². The maximum atomic E-state index is 14.3. The molecule has 0 radical (unpaired) electrons. The Morgan fingerprint density at radius 1 is 0.531 bits per heavy atom. The highest BCUT2D eigenvalue weighted by atomic mass is 16.1. The Morgan fingerprint density at radius 2 is 0.939 bits per heavy atom. The average molecular weight is 627 g/mol. The molecular formula is C43H22N4O2. The zero-order chi connectivity index (χ0) is 32.7. The molecular weight excluding hydrogens is 604 g/mol. The Morgan fingerprint density at radius 3 is 1.39 bits per heavy atom. The third kappa shape index (κ3) is 3.14. The summed E-state index contributed by atoms with van der Waals surface area (Å²) in [5.74, 6) is 12.4. The van der Waals surface area contributed by atoms with Crippen molar-refractivity contribution in [2.24, 2.45) is 0 Å². The molecule has 6 nitrogen and oxygen atoms in total. The molecule has 4 heterocycles. The van der Waals surface area contributed by atoms with Gasteiger partial charge in [-0.1, -0.05) is 49.0 Å². The highest BCUT2D eigenvalue weighted by Gasteiger charge is 2.24. The molecule has 0 fully saturated rings. The lowest BCUT2D eigenvalue weighted by molar-refractivity contribution is 1.19. The van der Waals surface area contributed by atoms with Gasteiger partial charge in [-0.25, -0.2) is 9.97 Å². The van der Waals surface area contributed by atoms with Crippen molar-refractivity contribution in [1.29, 1.82) is 0 Å². The summed E-state index contributed by atoms with van der Waals surface area (Å²) in [4.78, 5) is 38.5. The van der Waals surface area contributed by atoms with Crippen LogP contribution in [0.4, 0.5) is 0 Å². The van der Waals surface area contributed by atoms with E-state index < -0.39 is 0 Å². The average Bonchev–Trinajstić information content (AvgIpc) is 3.70. The highest BCUT2D eigenvalue weighted by Crippen LogP contribution is 2.45. The molecule has 0 saturated carbocycles. The Labute approximate surface area is 276 Å². The van der Waals surface area contributed by atoms with E-state index in [2.05, 4.69) is 60.1 Å². The Bertz CT molecular complexity index is 3530. The predicted molar refractivity (Wildman–Crippen MR) is 200 cm³/mol. The maximum Gasteiger partial charge on any atom is 0.264 e. The molecule has 0 unspecified atom stereocenters. The zero-order valence-corrected chi connectivity index (χ0v) is 26.4. The number of benzene rings is 7. The van der Waals surface area contributed by atoms with Crippen molar-refractivity contribution in [2.75, 3.05) is 0 Å². The van der Waals surface area contributed by atoms with Gasteiger partial charge < -0.3 is 0 Å². The van der Waals surface area contributed by atoms with E-state index in [9.17, 15) is 9.59 Å². The van der Waals surface area contributed by atoms with Gasteiger partial charge in [0.25, 0.3) is 11.1 Å². The van der Waals surface area contributed by atoms with Gasteiger partial charge in [-0.3, -0.25) is 18.4 Å². The number of hydrogen-bond acceptors (Lipinski definition) is 4. The van der Waals surface area contributed by atoms with Crippen LogP contribution in [0.1, 0.15) is 31.4 Å². The molecule has 0 N–H and O–H groups in total. The van der Waals surface area contributed by atoms with Gasteiger partial charge in [0.1, 0.15) is 11.3 Å². The van der Waals surface area contributed by atoms with E-state index in [4.69, 9.17) is 9.97 Å². The van der Waals surface area contributed by atoms with Crippen LogP contribution in [-0.2, 0) is 0 Å². The van der Waals surface area contributed by atoms with Crippen molar-refractivity contribution in [3.05, 3.63) is 117 Å². The Balaban J connectivity index is 1.29. The van der Waals surface area contributed by atoms with Crippen LogP contribution in [0.25, 0.3) is 98.0 Å². The van der Waals surface area contributed by atoms with Crippen LogP contribution in [0, 0.1) is 23.7 Å². The minimum Gasteiger partial charge on any atom is -0.268 e. The summed E-state index contributed by atoms with van der Waals surface area (Å²) in [5, 5.41) is 11.2. The number of rotatable bonds is 0. The van der Waals surface area contributed by atoms with Crippen molar-refractivity contribution < 1.29 is 0 Å². The van der Waals surface area contributed by atoms with Crippen LogP contribution in [0.5, 0.6) is 0 Å². The monoisotopic (exact) mass is 626 g/mol. The highest BCUT2D eigenvalue weighted by molar-refractivity contribution is 6.40. The Hall–Kier alpha value is -6.76. The van der Waals surface area contributed by atoms with Crippen LogP contribution in [-0.4, -0.2) is 18.8 Å². The maximum absolute atomic E-state index is 14.3. The standard InChI is InChI=1S/C43H22N4O2/c1-3-5-7-23-9-19-33-35(21-23)47-41(45-33)29-15-11-25-26-12-16-30-38-28(40-44-32-18-8-22(6-4-2)20-34(32)46(40)42(30)48)14-10-24(36(26)38)27-13-17-31(43(47)49)39(29)37(25)27/h8-21H,3H2,1-2H3. The first kappa shape index (κ1) is 26.3.